The van der Waals surface area contributed by atoms with E-state index in [1.807, 2.05) is 0 Å². The Morgan fingerprint density at radius 3 is 2.37 bits per heavy atom. The summed E-state index contributed by atoms with van der Waals surface area (Å²) in [5, 5.41) is 0. The van der Waals surface area contributed by atoms with Crippen molar-refractivity contribution in [1.82, 2.24) is 4.90 Å². The van der Waals surface area contributed by atoms with Crippen LogP contribution in [0, 0.1) is 0 Å². The molecule has 0 aliphatic heterocycles. The van der Waals surface area contributed by atoms with Gasteiger partial charge in [-0.2, -0.15) is 0 Å². The Hall–Kier alpha value is -1.82. The second-order valence-corrected chi connectivity index (χ2v) is 4.54. The van der Waals surface area contributed by atoms with Crippen molar-refractivity contribution in [1.29, 1.82) is 0 Å². The molecule has 104 valence electrons. The van der Waals surface area contributed by atoms with Crippen LogP contribution in [0.15, 0.2) is 18.2 Å². The van der Waals surface area contributed by atoms with Crippen molar-refractivity contribution in [3.05, 3.63) is 23.8 Å². The van der Waals surface area contributed by atoms with Crippen molar-refractivity contribution in [2.45, 2.75) is 13.0 Å². The zero-order chi connectivity index (χ0) is 14.6. The summed E-state index contributed by atoms with van der Waals surface area (Å²) in [6, 6.07) is 4.68. The normalized spacial score (nSPS) is 11.6. The average Bonchev–Trinajstić information content (AvgIpc) is 2.43. The molecular weight excluding hydrogens is 264 g/mol. The number of amides is 1. The Kier molecular flexibility index (Phi) is 5.11. The van der Waals surface area contributed by atoms with E-state index in [2.05, 4.69) is 0 Å². The van der Waals surface area contributed by atoms with Crippen molar-refractivity contribution in [3.63, 3.8) is 0 Å². The summed E-state index contributed by atoms with van der Waals surface area (Å²) in [5.74, 6) is 0.898. The second-order valence-electron chi connectivity index (χ2n) is 4.06. The standard InChI is InChI=1S/C13H18N2O3S/c1-8(12(14)19)15(2)13(16)9-5-6-10(17-3)11(7-9)18-4/h5-8H,1-4H3,(H2,14,19). The molecule has 0 aliphatic rings. The van der Waals surface area contributed by atoms with Crippen molar-refractivity contribution >= 4 is 23.1 Å². The van der Waals surface area contributed by atoms with Gasteiger partial charge < -0.3 is 20.1 Å². The first-order valence-corrected chi connectivity index (χ1v) is 6.11. The molecule has 0 saturated heterocycles. The topological polar surface area (TPSA) is 64.8 Å². The minimum atomic E-state index is -0.310. The van der Waals surface area contributed by atoms with Gasteiger partial charge in [0.05, 0.1) is 25.2 Å². The van der Waals surface area contributed by atoms with E-state index in [1.165, 1.54) is 12.0 Å². The second kappa shape index (κ2) is 6.38. The quantitative estimate of drug-likeness (QED) is 0.828. The number of methoxy groups -OCH3 is 2. The first kappa shape index (κ1) is 15.2. The Labute approximate surface area is 118 Å². The van der Waals surface area contributed by atoms with Crippen molar-refractivity contribution in [2.24, 2.45) is 5.73 Å². The lowest BCUT2D eigenvalue weighted by Gasteiger charge is -2.24. The Bertz CT molecular complexity index is 491. The van der Waals surface area contributed by atoms with Gasteiger partial charge in [-0.25, -0.2) is 0 Å². The van der Waals surface area contributed by atoms with Gasteiger partial charge in [0.25, 0.3) is 5.91 Å². The van der Waals surface area contributed by atoms with Gasteiger partial charge in [0, 0.05) is 12.6 Å². The van der Waals surface area contributed by atoms with E-state index in [4.69, 9.17) is 27.4 Å². The van der Waals surface area contributed by atoms with Crippen LogP contribution in [-0.2, 0) is 0 Å². The summed E-state index contributed by atoms with van der Waals surface area (Å²) in [6.45, 7) is 1.78. The largest absolute Gasteiger partial charge is 0.493 e. The molecule has 0 aromatic heterocycles. The fraction of sp³-hybridized carbons (Fsp3) is 0.385. The number of nitrogens with two attached hydrogens (primary N) is 1. The first-order chi connectivity index (χ1) is 8.92. The van der Waals surface area contributed by atoms with Crippen LogP contribution in [0.1, 0.15) is 17.3 Å². The molecule has 0 fully saturated rings. The highest BCUT2D eigenvalue weighted by atomic mass is 32.1. The lowest BCUT2D eigenvalue weighted by molar-refractivity contribution is 0.0778. The lowest BCUT2D eigenvalue weighted by atomic mass is 10.1. The summed E-state index contributed by atoms with van der Waals surface area (Å²) in [4.78, 5) is 14.0. The molecule has 0 aliphatic carbocycles. The van der Waals surface area contributed by atoms with Crippen LogP contribution < -0.4 is 15.2 Å². The molecule has 2 N–H and O–H groups in total. The van der Waals surface area contributed by atoms with E-state index in [-0.39, 0.29) is 16.9 Å². The highest BCUT2D eigenvalue weighted by Crippen LogP contribution is 2.28. The van der Waals surface area contributed by atoms with E-state index < -0.39 is 0 Å². The SMILES string of the molecule is COc1ccc(C(=O)N(C)C(C)C(N)=S)cc1OC. The molecule has 1 aromatic rings. The van der Waals surface area contributed by atoms with Gasteiger partial charge in [-0.15, -0.1) is 0 Å². The zero-order valence-corrected chi connectivity index (χ0v) is 12.3. The maximum atomic E-state index is 12.3. The van der Waals surface area contributed by atoms with Crippen LogP contribution in [0.2, 0.25) is 0 Å². The van der Waals surface area contributed by atoms with Gasteiger partial charge in [-0.05, 0) is 25.1 Å². The minimum absolute atomic E-state index is 0.179. The van der Waals surface area contributed by atoms with Crippen LogP contribution in [0.4, 0.5) is 0 Å². The summed E-state index contributed by atoms with van der Waals surface area (Å²) in [7, 11) is 4.72. The molecule has 0 bridgehead atoms. The number of hydrogen-bond donors (Lipinski definition) is 1. The maximum absolute atomic E-state index is 12.3. The minimum Gasteiger partial charge on any atom is -0.493 e. The van der Waals surface area contributed by atoms with Gasteiger partial charge in [0.1, 0.15) is 0 Å². The van der Waals surface area contributed by atoms with Crippen LogP contribution in [0.5, 0.6) is 11.5 Å². The number of rotatable bonds is 5. The van der Waals surface area contributed by atoms with Crippen molar-refractivity contribution in [2.75, 3.05) is 21.3 Å². The monoisotopic (exact) mass is 282 g/mol. The number of ether oxygens (including phenoxy) is 2. The fourth-order valence-electron chi connectivity index (χ4n) is 1.54. The van der Waals surface area contributed by atoms with Gasteiger partial charge in [0.2, 0.25) is 0 Å². The highest BCUT2D eigenvalue weighted by molar-refractivity contribution is 7.80. The zero-order valence-electron chi connectivity index (χ0n) is 11.5. The van der Waals surface area contributed by atoms with E-state index in [0.29, 0.717) is 17.1 Å². The molecule has 6 heteroatoms. The summed E-state index contributed by atoms with van der Waals surface area (Å²) < 4.78 is 10.3. The molecule has 1 amide bonds. The molecule has 0 saturated carbocycles. The summed E-state index contributed by atoms with van der Waals surface area (Å²) >= 11 is 4.89. The van der Waals surface area contributed by atoms with Gasteiger partial charge in [-0.1, -0.05) is 12.2 Å². The number of thiocarbonyl (C=S) groups is 1. The predicted octanol–water partition coefficient (Wildman–Crippen LogP) is 1.45. The number of carbonyl (C=O) groups is 1. The van der Waals surface area contributed by atoms with E-state index in [9.17, 15) is 4.79 Å². The molecule has 1 rings (SSSR count). The molecule has 1 aromatic carbocycles. The van der Waals surface area contributed by atoms with Crippen LogP contribution in [-0.4, -0.2) is 43.1 Å². The number of benzene rings is 1. The van der Waals surface area contributed by atoms with Gasteiger partial charge in [-0.3, -0.25) is 4.79 Å². The van der Waals surface area contributed by atoms with Crippen molar-refractivity contribution in [3.8, 4) is 11.5 Å². The number of hydrogen-bond acceptors (Lipinski definition) is 4. The van der Waals surface area contributed by atoms with E-state index >= 15 is 0 Å². The van der Waals surface area contributed by atoms with E-state index in [1.54, 1.807) is 39.3 Å². The smallest absolute Gasteiger partial charge is 0.254 e. The molecule has 5 nitrogen and oxygen atoms in total. The molecule has 1 unspecified atom stereocenters. The van der Waals surface area contributed by atoms with Crippen LogP contribution in [0.25, 0.3) is 0 Å². The van der Waals surface area contributed by atoms with E-state index in [0.717, 1.165) is 0 Å². The van der Waals surface area contributed by atoms with Crippen LogP contribution in [0.3, 0.4) is 0 Å². The number of carbonyl (C=O) groups excluding carboxylic acids is 1. The summed E-state index contributed by atoms with van der Waals surface area (Å²) in [5.41, 5.74) is 6.04. The Morgan fingerprint density at radius 1 is 1.32 bits per heavy atom. The summed E-state index contributed by atoms with van der Waals surface area (Å²) in [6.07, 6.45) is 0. The molecule has 1 atom stereocenters. The third kappa shape index (κ3) is 3.35. The Morgan fingerprint density at radius 2 is 1.89 bits per heavy atom. The first-order valence-electron chi connectivity index (χ1n) is 5.70. The Balaban J connectivity index is 3.03. The highest BCUT2D eigenvalue weighted by Gasteiger charge is 2.20. The molecule has 0 heterocycles. The molecular formula is C13H18N2O3S. The molecule has 19 heavy (non-hydrogen) atoms. The molecule has 0 spiro atoms. The van der Waals surface area contributed by atoms with Crippen LogP contribution >= 0.6 is 12.2 Å². The maximum Gasteiger partial charge on any atom is 0.254 e. The molecule has 0 radical (unpaired) electrons. The van der Waals surface area contributed by atoms with Gasteiger partial charge >= 0.3 is 0 Å². The predicted molar refractivity (Wildman–Crippen MR) is 77.9 cm³/mol. The third-order valence-electron chi connectivity index (χ3n) is 2.94. The fourth-order valence-corrected chi connectivity index (χ4v) is 1.70. The lowest BCUT2D eigenvalue weighted by Crippen LogP contribution is -2.42. The number of likely N-dealkylation sites (N-methyl/N-ethyl adjacent to an activating group) is 1. The third-order valence-corrected chi connectivity index (χ3v) is 3.28. The number of nitrogens with zero attached hydrogens (tertiary/aromatic N) is 1. The van der Waals surface area contributed by atoms with Gasteiger partial charge in [0.15, 0.2) is 11.5 Å². The average molecular weight is 282 g/mol. The van der Waals surface area contributed by atoms with Crippen molar-refractivity contribution < 1.29 is 14.3 Å².